The number of thiazole rings is 1. The summed E-state index contributed by atoms with van der Waals surface area (Å²) in [7, 11) is 0. The van der Waals surface area contributed by atoms with Gasteiger partial charge >= 0.3 is 6.18 Å². The van der Waals surface area contributed by atoms with E-state index >= 15 is 0 Å². The van der Waals surface area contributed by atoms with Gasteiger partial charge in [0.15, 0.2) is 0 Å². The maximum Gasteiger partial charge on any atom is 0.433 e. The molecule has 0 saturated heterocycles. The van der Waals surface area contributed by atoms with Crippen molar-refractivity contribution in [1.82, 2.24) is 15.0 Å². The van der Waals surface area contributed by atoms with Gasteiger partial charge in [-0.3, -0.25) is 0 Å². The van der Waals surface area contributed by atoms with Crippen LogP contribution in [0.5, 0.6) is 0 Å². The quantitative estimate of drug-likeness (QED) is 0.288. The van der Waals surface area contributed by atoms with Crippen LogP contribution in [0.1, 0.15) is 28.8 Å². The molecule has 0 aliphatic carbocycles. The first-order valence-electron chi connectivity index (χ1n) is 10.2. The van der Waals surface area contributed by atoms with Crippen molar-refractivity contribution in [2.45, 2.75) is 30.5 Å². The van der Waals surface area contributed by atoms with E-state index in [4.69, 9.17) is 0 Å². The van der Waals surface area contributed by atoms with Gasteiger partial charge in [-0.15, -0.1) is 23.1 Å². The molecule has 10 heteroatoms. The number of alkyl halides is 3. The highest BCUT2D eigenvalue weighted by Crippen LogP contribution is 2.37. The third-order valence-corrected chi connectivity index (χ3v) is 7.14. The van der Waals surface area contributed by atoms with E-state index in [1.54, 1.807) is 37.0 Å². The fourth-order valence-corrected chi connectivity index (χ4v) is 4.75. The number of thioether (sulfide) groups is 1. The van der Waals surface area contributed by atoms with Gasteiger partial charge in [-0.25, -0.2) is 15.0 Å². The average Bonchev–Trinajstić information content (AvgIpc) is 3.30. The van der Waals surface area contributed by atoms with Crippen molar-refractivity contribution in [2.75, 3.05) is 11.6 Å². The highest BCUT2D eigenvalue weighted by molar-refractivity contribution is 7.98. The number of nitrogens with zero attached hydrogens (tertiary/aromatic N) is 3. The van der Waals surface area contributed by atoms with Crippen LogP contribution in [0.3, 0.4) is 0 Å². The number of aromatic nitrogens is 3. The molecule has 0 bridgehead atoms. The van der Waals surface area contributed by atoms with Crippen molar-refractivity contribution < 1.29 is 18.3 Å². The molecular formula is C24H21F3N4OS2. The van der Waals surface area contributed by atoms with Crippen molar-refractivity contribution in [1.29, 1.82) is 0 Å². The lowest BCUT2D eigenvalue weighted by Gasteiger charge is -2.21. The minimum Gasteiger partial charge on any atom is -0.378 e. The zero-order chi connectivity index (χ0) is 24.5. The summed E-state index contributed by atoms with van der Waals surface area (Å²) < 4.78 is 38.9. The van der Waals surface area contributed by atoms with Crippen LogP contribution >= 0.6 is 23.1 Å². The number of hydrogen-bond donors (Lipinski definition) is 2. The number of hydrogen-bond acceptors (Lipinski definition) is 7. The monoisotopic (exact) mass is 502 g/mol. The molecule has 0 saturated carbocycles. The fraction of sp³-hybridized carbons (Fsp3) is 0.208. The number of rotatable bonds is 6. The summed E-state index contributed by atoms with van der Waals surface area (Å²) in [6, 6.07) is 14.0. The number of halogens is 3. The lowest BCUT2D eigenvalue weighted by atomic mass is 9.97. The highest BCUT2D eigenvalue weighted by atomic mass is 32.2. The summed E-state index contributed by atoms with van der Waals surface area (Å²) in [5.74, 6) is -0.145. The maximum absolute atomic E-state index is 13.0. The number of benzene rings is 2. The average molecular weight is 503 g/mol. The molecule has 2 aromatic carbocycles. The van der Waals surface area contributed by atoms with Crippen molar-refractivity contribution in [3.63, 3.8) is 0 Å². The molecule has 0 spiro atoms. The molecule has 2 N–H and O–H groups in total. The normalized spacial score (nSPS) is 13.5. The second-order valence-corrected chi connectivity index (χ2v) is 9.72. The number of aryl methyl sites for hydroxylation is 1. The topological polar surface area (TPSA) is 70.9 Å². The van der Waals surface area contributed by atoms with Gasteiger partial charge < -0.3 is 10.4 Å². The number of aliphatic hydroxyl groups is 1. The van der Waals surface area contributed by atoms with Crippen molar-refractivity contribution in [3.05, 3.63) is 82.8 Å². The molecule has 2 heterocycles. The first kappa shape index (κ1) is 24.2. The van der Waals surface area contributed by atoms with Gasteiger partial charge in [0, 0.05) is 23.0 Å². The first-order valence-corrected chi connectivity index (χ1v) is 12.2. The summed E-state index contributed by atoms with van der Waals surface area (Å²) in [6.07, 6.45) is 0.190. The van der Waals surface area contributed by atoms with E-state index in [1.807, 2.05) is 43.5 Å². The summed E-state index contributed by atoms with van der Waals surface area (Å²) in [4.78, 5) is 13.8. The Kier molecular flexibility index (Phi) is 6.66. The van der Waals surface area contributed by atoms with Crippen LogP contribution in [0.15, 0.2) is 65.8 Å². The van der Waals surface area contributed by atoms with E-state index in [0.717, 1.165) is 38.7 Å². The molecule has 34 heavy (non-hydrogen) atoms. The molecule has 176 valence electrons. The molecule has 1 atom stereocenters. The Labute approximate surface area is 203 Å². The van der Waals surface area contributed by atoms with Gasteiger partial charge in [-0.2, -0.15) is 13.2 Å². The fourth-order valence-electron chi connectivity index (χ4n) is 3.38. The van der Waals surface area contributed by atoms with Gasteiger partial charge in [0.05, 0.1) is 4.88 Å². The second-order valence-electron chi connectivity index (χ2n) is 7.81. The molecule has 4 rings (SSSR count). The molecular weight excluding hydrogens is 481 g/mol. The Bertz CT molecular complexity index is 1300. The van der Waals surface area contributed by atoms with E-state index in [2.05, 4.69) is 20.3 Å². The minimum absolute atomic E-state index is 0.145. The van der Waals surface area contributed by atoms with Gasteiger partial charge in [-0.05, 0) is 67.1 Å². The van der Waals surface area contributed by atoms with Crippen molar-refractivity contribution in [2.24, 2.45) is 0 Å². The summed E-state index contributed by atoms with van der Waals surface area (Å²) in [5.41, 5.74) is 0.699. The maximum atomic E-state index is 13.0. The standard InChI is InChI=1S/C24H21F3N4OS2/c1-14-10-15(12-17(11-14)30-22-28-9-8-20(31-22)24(25,26)27)19-13-29-21(34-19)23(2,32)16-4-6-18(33-3)7-5-16/h4-13,32H,1-3H3,(H,28,30,31). The SMILES string of the molecule is CSc1ccc(C(C)(O)c2ncc(-c3cc(C)cc(Nc4nccc(C(F)(F)F)n4)c3)s2)cc1. The molecule has 0 radical (unpaired) electrons. The van der Waals surface area contributed by atoms with E-state index in [-0.39, 0.29) is 5.95 Å². The molecule has 0 aliphatic rings. The first-order chi connectivity index (χ1) is 16.1. The van der Waals surface area contributed by atoms with Gasteiger partial charge in [-0.1, -0.05) is 18.2 Å². The van der Waals surface area contributed by atoms with Crippen LogP contribution in [-0.2, 0) is 11.8 Å². The number of anilines is 2. The van der Waals surface area contributed by atoms with Crippen molar-refractivity contribution >= 4 is 34.7 Å². The minimum atomic E-state index is -4.55. The highest BCUT2D eigenvalue weighted by Gasteiger charge is 2.33. The molecule has 0 fully saturated rings. The van der Waals surface area contributed by atoms with Gasteiger partial charge in [0.2, 0.25) is 5.95 Å². The van der Waals surface area contributed by atoms with E-state index in [0.29, 0.717) is 10.7 Å². The molecule has 4 aromatic rings. The molecule has 0 amide bonds. The Morgan fingerprint density at radius 3 is 2.44 bits per heavy atom. The lowest BCUT2D eigenvalue weighted by molar-refractivity contribution is -0.141. The van der Waals surface area contributed by atoms with Gasteiger partial charge in [0.25, 0.3) is 0 Å². The third kappa shape index (κ3) is 5.24. The molecule has 1 unspecified atom stereocenters. The molecule has 0 aliphatic heterocycles. The van der Waals surface area contributed by atoms with Crippen LogP contribution in [0.2, 0.25) is 0 Å². The van der Waals surface area contributed by atoms with E-state index in [9.17, 15) is 18.3 Å². The van der Waals surface area contributed by atoms with Crippen LogP contribution in [0, 0.1) is 6.92 Å². The third-order valence-electron chi connectivity index (χ3n) is 5.14. The lowest BCUT2D eigenvalue weighted by Crippen LogP contribution is -2.22. The Morgan fingerprint density at radius 1 is 1.03 bits per heavy atom. The molecule has 2 aromatic heterocycles. The van der Waals surface area contributed by atoms with Crippen LogP contribution in [0.4, 0.5) is 24.8 Å². The zero-order valence-corrected chi connectivity index (χ0v) is 20.1. The predicted molar refractivity (Wildman–Crippen MR) is 129 cm³/mol. The Morgan fingerprint density at radius 2 is 1.76 bits per heavy atom. The van der Waals surface area contributed by atoms with E-state index < -0.39 is 17.5 Å². The van der Waals surface area contributed by atoms with Gasteiger partial charge in [0.1, 0.15) is 16.3 Å². The van der Waals surface area contributed by atoms with Crippen LogP contribution < -0.4 is 5.32 Å². The zero-order valence-electron chi connectivity index (χ0n) is 18.5. The van der Waals surface area contributed by atoms with E-state index in [1.165, 1.54) is 11.3 Å². The Balaban J connectivity index is 1.61. The Hall–Kier alpha value is -2.95. The smallest absolute Gasteiger partial charge is 0.378 e. The van der Waals surface area contributed by atoms with Crippen molar-refractivity contribution in [3.8, 4) is 10.4 Å². The largest absolute Gasteiger partial charge is 0.433 e. The summed E-state index contributed by atoms with van der Waals surface area (Å²) in [5, 5.41) is 14.6. The molecule has 5 nitrogen and oxygen atoms in total. The van der Waals surface area contributed by atoms with Crippen LogP contribution in [-0.4, -0.2) is 26.3 Å². The summed E-state index contributed by atoms with van der Waals surface area (Å²) in [6.45, 7) is 3.59. The van der Waals surface area contributed by atoms with Crippen LogP contribution in [0.25, 0.3) is 10.4 Å². The second kappa shape index (κ2) is 9.36. The summed E-state index contributed by atoms with van der Waals surface area (Å²) >= 11 is 2.98. The number of nitrogens with one attached hydrogen (secondary N) is 1. The predicted octanol–water partition coefficient (Wildman–Crippen LogP) is 6.65.